The highest BCUT2D eigenvalue weighted by atomic mass is 16.2. The molecule has 0 N–H and O–H groups in total. The second kappa shape index (κ2) is 9.59. The molecule has 1 saturated heterocycles. The molecule has 25 heavy (non-hydrogen) atoms. The summed E-state index contributed by atoms with van der Waals surface area (Å²) >= 11 is 0. The number of anilines is 1. The number of carbonyl (C=O) groups excluding carboxylic acids is 2. The van der Waals surface area contributed by atoms with Crippen LogP contribution in [0.1, 0.15) is 58.4 Å². The number of carbonyl (C=O) groups is 2. The van der Waals surface area contributed by atoms with Crippen molar-refractivity contribution in [3.05, 3.63) is 29.8 Å². The zero-order chi connectivity index (χ0) is 18.2. The van der Waals surface area contributed by atoms with Gasteiger partial charge in [-0.05, 0) is 37.0 Å². The van der Waals surface area contributed by atoms with Crippen molar-refractivity contribution in [1.82, 2.24) is 4.90 Å². The first-order valence-corrected chi connectivity index (χ1v) is 9.78. The minimum absolute atomic E-state index is 0.0635. The van der Waals surface area contributed by atoms with Crippen molar-refractivity contribution in [2.45, 2.75) is 59.3 Å². The Morgan fingerprint density at radius 3 is 2.20 bits per heavy atom. The van der Waals surface area contributed by atoms with E-state index in [4.69, 9.17) is 0 Å². The summed E-state index contributed by atoms with van der Waals surface area (Å²) in [4.78, 5) is 29.1. The lowest BCUT2D eigenvalue weighted by Gasteiger charge is -2.25. The highest BCUT2D eigenvalue weighted by Gasteiger charge is 2.36. The van der Waals surface area contributed by atoms with Crippen molar-refractivity contribution >= 4 is 17.5 Å². The summed E-state index contributed by atoms with van der Waals surface area (Å²) in [7, 11) is 0. The Balaban J connectivity index is 2.04. The first-order valence-electron chi connectivity index (χ1n) is 9.78. The monoisotopic (exact) mass is 344 g/mol. The van der Waals surface area contributed by atoms with Gasteiger partial charge in [0.2, 0.25) is 11.8 Å². The molecule has 1 aliphatic rings. The van der Waals surface area contributed by atoms with Gasteiger partial charge < -0.3 is 9.80 Å². The molecule has 1 aromatic carbocycles. The van der Waals surface area contributed by atoms with E-state index in [0.29, 0.717) is 13.0 Å². The molecule has 0 unspecified atom stereocenters. The molecule has 0 bridgehead atoms. The van der Waals surface area contributed by atoms with Crippen LogP contribution in [0.15, 0.2) is 24.3 Å². The number of rotatable bonds is 9. The van der Waals surface area contributed by atoms with E-state index in [0.717, 1.165) is 50.9 Å². The second-order valence-electron chi connectivity index (χ2n) is 6.96. The van der Waals surface area contributed by atoms with Gasteiger partial charge in [0.25, 0.3) is 0 Å². The van der Waals surface area contributed by atoms with Crippen LogP contribution in [0.3, 0.4) is 0 Å². The lowest BCUT2D eigenvalue weighted by molar-refractivity contribution is -0.136. The lowest BCUT2D eigenvalue weighted by Crippen LogP contribution is -2.38. The predicted octanol–water partition coefficient (Wildman–Crippen LogP) is 4.03. The van der Waals surface area contributed by atoms with Gasteiger partial charge in [-0.15, -0.1) is 0 Å². The average Bonchev–Trinajstić information content (AvgIpc) is 3.03. The summed E-state index contributed by atoms with van der Waals surface area (Å²) in [5.41, 5.74) is 2.17. The molecule has 0 spiro atoms. The van der Waals surface area contributed by atoms with Crippen LogP contribution in [0.25, 0.3) is 0 Å². The summed E-state index contributed by atoms with van der Waals surface area (Å²) in [5.74, 6) is 0.0172. The average molecular weight is 344 g/mol. The van der Waals surface area contributed by atoms with Gasteiger partial charge >= 0.3 is 0 Å². The van der Waals surface area contributed by atoms with E-state index >= 15 is 0 Å². The van der Waals surface area contributed by atoms with Crippen LogP contribution in [0.2, 0.25) is 0 Å². The number of amides is 2. The molecule has 0 radical (unpaired) electrons. The fourth-order valence-electron chi connectivity index (χ4n) is 3.32. The second-order valence-corrected chi connectivity index (χ2v) is 6.96. The van der Waals surface area contributed by atoms with Gasteiger partial charge in [-0.25, -0.2) is 0 Å². The van der Waals surface area contributed by atoms with E-state index in [1.54, 1.807) is 4.90 Å². The quantitative estimate of drug-likeness (QED) is 0.678. The number of aryl methyl sites for hydroxylation is 1. The van der Waals surface area contributed by atoms with Crippen molar-refractivity contribution in [3.63, 3.8) is 0 Å². The highest BCUT2D eigenvalue weighted by molar-refractivity contribution is 6.00. The molecule has 1 aliphatic heterocycles. The van der Waals surface area contributed by atoms with Crippen molar-refractivity contribution in [1.29, 1.82) is 0 Å². The van der Waals surface area contributed by atoms with Gasteiger partial charge in [0.05, 0.1) is 5.92 Å². The Bertz CT molecular complexity index is 560. The zero-order valence-electron chi connectivity index (χ0n) is 16.0. The van der Waals surface area contributed by atoms with E-state index in [1.165, 1.54) is 5.56 Å². The van der Waals surface area contributed by atoms with E-state index in [9.17, 15) is 9.59 Å². The summed E-state index contributed by atoms with van der Waals surface area (Å²) < 4.78 is 0. The Labute approximate surface area is 152 Å². The molecule has 1 aromatic rings. The first-order chi connectivity index (χ1) is 12.1. The van der Waals surface area contributed by atoms with E-state index in [-0.39, 0.29) is 17.7 Å². The summed E-state index contributed by atoms with van der Waals surface area (Å²) in [6.07, 6.45) is 5.53. The predicted molar refractivity (Wildman–Crippen MR) is 103 cm³/mol. The molecule has 4 heteroatoms. The first kappa shape index (κ1) is 19.5. The fraction of sp³-hybridized carbons (Fsp3) is 0.619. The smallest absolute Gasteiger partial charge is 0.228 e. The Kier molecular flexibility index (Phi) is 7.48. The number of unbranched alkanes of at least 4 members (excludes halogenated alkanes) is 2. The van der Waals surface area contributed by atoms with Crippen molar-refractivity contribution in [2.75, 3.05) is 24.5 Å². The third kappa shape index (κ3) is 5.07. The maximum atomic E-state index is 12.9. The van der Waals surface area contributed by atoms with Crippen LogP contribution in [0.5, 0.6) is 0 Å². The largest absolute Gasteiger partial charge is 0.342 e. The van der Waals surface area contributed by atoms with Crippen LogP contribution >= 0.6 is 0 Å². The molecular formula is C21H32N2O2. The van der Waals surface area contributed by atoms with Crippen molar-refractivity contribution in [3.8, 4) is 0 Å². The third-order valence-electron chi connectivity index (χ3n) is 5.01. The minimum atomic E-state index is -0.202. The van der Waals surface area contributed by atoms with Gasteiger partial charge in [-0.3, -0.25) is 9.59 Å². The molecule has 0 aromatic heterocycles. The Hall–Kier alpha value is -1.84. The maximum absolute atomic E-state index is 12.9. The fourth-order valence-corrected chi connectivity index (χ4v) is 3.32. The Morgan fingerprint density at radius 1 is 1.08 bits per heavy atom. The van der Waals surface area contributed by atoms with Crippen LogP contribution in [-0.4, -0.2) is 36.3 Å². The molecule has 1 heterocycles. The molecule has 1 fully saturated rings. The number of benzene rings is 1. The molecular weight excluding hydrogens is 312 g/mol. The van der Waals surface area contributed by atoms with Gasteiger partial charge in [0, 0.05) is 31.7 Å². The summed E-state index contributed by atoms with van der Waals surface area (Å²) in [6, 6.07) is 8.12. The molecule has 4 nitrogen and oxygen atoms in total. The van der Waals surface area contributed by atoms with Crippen LogP contribution in [0.4, 0.5) is 5.69 Å². The van der Waals surface area contributed by atoms with E-state index < -0.39 is 0 Å². The molecule has 0 saturated carbocycles. The van der Waals surface area contributed by atoms with Crippen LogP contribution in [0, 0.1) is 5.92 Å². The van der Waals surface area contributed by atoms with Gasteiger partial charge in [-0.2, -0.15) is 0 Å². The highest BCUT2D eigenvalue weighted by Crippen LogP contribution is 2.27. The van der Waals surface area contributed by atoms with Crippen LogP contribution < -0.4 is 4.90 Å². The normalized spacial score (nSPS) is 17.2. The van der Waals surface area contributed by atoms with Crippen LogP contribution in [-0.2, 0) is 16.0 Å². The van der Waals surface area contributed by atoms with E-state index in [2.05, 4.69) is 32.9 Å². The maximum Gasteiger partial charge on any atom is 0.228 e. The van der Waals surface area contributed by atoms with Crippen molar-refractivity contribution in [2.24, 2.45) is 5.92 Å². The number of hydrogen-bond donors (Lipinski definition) is 0. The number of nitrogens with zero attached hydrogens (tertiary/aromatic N) is 2. The zero-order valence-corrected chi connectivity index (χ0v) is 16.0. The van der Waals surface area contributed by atoms with E-state index in [1.807, 2.05) is 17.0 Å². The minimum Gasteiger partial charge on any atom is -0.342 e. The van der Waals surface area contributed by atoms with Gasteiger partial charge in [0.15, 0.2) is 0 Å². The summed E-state index contributed by atoms with van der Waals surface area (Å²) in [6.45, 7) is 8.53. The topological polar surface area (TPSA) is 40.6 Å². The lowest BCUT2D eigenvalue weighted by atomic mass is 10.1. The summed E-state index contributed by atoms with van der Waals surface area (Å²) in [5, 5.41) is 0. The molecule has 2 rings (SSSR count). The van der Waals surface area contributed by atoms with Gasteiger partial charge in [-0.1, -0.05) is 45.7 Å². The SMILES string of the molecule is CCCCN(CCCC)C(=O)[C@@H]1CC(=O)N(c2ccc(CC)cc2)C1. The molecule has 1 atom stereocenters. The third-order valence-corrected chi connectivity index (χ3v) is 5.01. The molecule has 138 valence electrons. The number of hydrogen-bond acceptors (Lipinski definition) is 2. The van der Waals surface area contributed by atoms with Gasteiger partial charge in [0.1, 0.15) is 0 Å². The standard InChI is InChI=1S/C21H32N2O2/c1-4-7-13-22(14-8-5-2)21(25)18-15-20(24)23(16-18)19-11-9-17(6-3)10-12-19/h9-12,18H,4-8,13-16H2,1-3H3/t18-/m1/s1. The molecule has 2 amide bonds. The Morgan fingerprint density at radius 2 is 1.68 bits per heavy atom. The van der Waals surface area contributed by atoms with Crippen molar-refractivity contribution < 1.29 is 9.59 Å². The molecule has 0 aliphatic carbocycles.